The first-order valence-corrected chi connectivity index (χ1v) is 6.55. The largest absolute Gasteiger partial charge is 0.460 e. The molecule has 1 fully saturated rings. The predicted molar refractivity (Wildman–Crippen MR) is 61.5 cm³/mol. The zero-order chi connectivity index (χ0) is 22.8. The minimum Gasteiger partial charge on any atom is -0.440 e. The molecule has 0 spiro atoms. The lowest BCUT2D eigenvalue weighted by Gasteiger charge is -2.43. The monoisotopic (exact) mass is 444 g/mol. The van der Waals surface area contributed by atoms with Crippen LogP contribution in [0.25, 0.3) is 0 Å². The second-order valence-electron chi connectivity index (χ2n) is 5.65. The van der Waals surface area contributed by atoms with Crippen LogP contribution >= 0.6 is 0 Å². The summed E-state index contributed by atoms with van der Waals surface area (Å²) in [6, 6.07) is 0. The number of hydrogen-bond donors (Lipinski definition) is 1. The van der Waals surface area contributed by atoms with Crippen LogP contribution < -0.4 is 0 Å². The third kappa shape index (κ3) is 2.83. The highest BCUT2D eigenvalue weighted by atomic mass is 19.4. The number of halogens is 12. The molecule has 0 aliphatic carbocycles. The number of ether oxygens (including phenoxy) is 2. The first-order chi connectivity index (χ1) is 12.0. The number of carbonyl (C=O) groups excluding carboxylic acids is 1. The summed E-state index contributed by atoms with van der Waals surface area (Å²) >= 11 is 0. The van der Waals surface area contributed by atoms with E-state index in [1.165, 1.54) is 0 Å². The van der Waals surface area contributed by atoms with Gasteiger partial charge in [-0.05, 0) is 6.92 Å². The summed E-state index contributed by atoms with van der Waals surface area (Å²) in [5, 5.41) is 9.00. The summed E-state index contributed by atoms with van der Waals surface area (Å²) in [7, 11) is 0. The topological polar surface area (TPSA) is 55.8 Å². The fourth-order valence-corrected chi connectivity index (χ4v) is 2.04. The lowest BCUT2D eigenvalue weighted by molar-refractivity contribution is -0.436. The van der Waals surface area contributed by atoms with Crippen molar-refractivity contribution in [2.45, 2.75) is 48.4 Å². The third-order valence-corrected chi connectivity index (χ3v) is 3.67. The van der Waals surface area contributed by atoms with E-state index in [1.54, 1.807) is 0 Å². The Balaban J connectivity index is 3.86. The van der Waals surface area contributed by atoms with Crippen LogP contribution in [0.3, 0.4) is 0 Å². The van der Waals surface area contributed by atoms with Crippen LogP contribution in [0.1, 0.15) is 6.92 Å². The zero-order valence-corrected chi connectivity index (χ0v) is 13.1. The molecule has 1 rings (SSSR count). The van der Waals surface area contributed by atoms with E-state index in [0.717, 1.165) is 0 Å². The lowest BCUT2D eigenvalue weighted by atomic mass is 9.82. The standard InChI is InChI=1S/C12H8F12O4/c1-4(2)5(25)28-6(7(13,14)9(17,18)11(19,20)21)3-27-10(26,8(6,15)16)12(22,23)24/h26H,1,3H2,2H3. The van der Waals surface area contributed by atoms with Crippen molar-refractivity contribution in [3.8, 4) is 0 Å². The van der Waals surface area contributed by atoms with E-state index in [1.807, 2.05) is 0 Å². The molecule has 0 aromatic heterocycles. The number of esters is 1. The average Bonchev–Trinajstić information content (AvgIpc) is 2.67. The molecule has 164 valence electrons. The van der Waals surface area contributed by atoms with Crippen LogP contribution in [0.5, 0.6) is 0 Å². The van der Waals surface area contributed by atoms with Gasteiger partial charge in [0, 0.05) is 5.57 Å². The van der Waals surface area contributed by atoms with Crippen LogP contribution in [0, 0.1) is 0 Å². The van der Waals surface area contributed by atoms with Crippen molar-refractivity contribution < 1.29 is 72.1 Å². The molecule has 2 atom stereocenters. The van der Waals surface area contributed by atoms with Crippen molar-refractivity contribution in [2.75, 3.05) is 6.61 Å². The molecule has 1 heterocycles. The van der Waals surface area contributed by atoms with Gasteiger partial charge in [0.05, 0.1) is 0 Å². The molecule has 1 aliphatic rings. The molecule has 0 amide bonds. The Morgan fingerprint density at radius 3 is 1.75 bits per heavy atom. The van der Waals surface area contributed by atoms with Gasteiger partial charge < -0.3 is 14.6 Å². The van der Waals surface area contributed by atoms with E-state index in [2.05, 4.69) is 16.1 Å². The van der Waals surface area contributed by atoms with E-state index in [0.29, 0.717) is 6.92 Å². The van der Waals surface area contributed by atoms with E-state index in [9.17, 15) is 57.5 Å². The summed E-state index contributed by atoms with van der Waals surface area (Å²) in [6.07, 6.45) is -14.0. The summed E-state index contributed by atoms with van der Waals surface area (Å²) in [5.74, 6) is -29.9. The summed E-state index contributed by atoms with van der Waals surface area (Å²) in [5.41, 5.74) is -7.05. The quantitative estimate of drug-likeness (QED) is 0.409. The van der Waals surface area contributed by atoms with Gasteiger partial charge in [0.15, 0.2) is 0 Å². The second-order valence-corrected chi connectivity index (χ2v) is 5.65. The molecule has 0 saturated carbocycles. The molecular formula is C12H8F12O4. The van der Waals surface area contributed by atoms with Crippen LogP contribution in [-0.2, 0) is 14.3 Å². The number of hydrogen-bond acceptors (Lipinski definition) is 4. The normalized spacial score (nSPS) is 28.9. The van der Waals surface area contributed by atoms with Gasteiger partial charge in [0.1, 0.15) is 6.61 Å². The molecule has 16 heteroatoms. The smallest absolute Gasteiger partial charge is 0.440 e. The van der Waals surface area contributed by atoms with E-state index >= 15 is 0 Å². The molecule has 1 saturated heterocycles. The molecule has 0 aromatic carbocycles. The van der Waals surface area contributed by atoms with E-state index in [4.69, 9.17) is 5.11 Å². The van der Waals surface area contributed by atoms with Gasteiger partial charge in [-0.1, -0.05) is 6.58 Å². The van der Waals surface area contributed by atoms with Gasteiger partial charge in [0.2, 0.25) is 0 Å². The van der Waals surface area contributed by atoms with Crippen LogP contribution in [0.15, 0.2) is 12.2 Å². The maximum atomic E-state index is 14.3. The number of aliphatic hydroxyl groups is 1. The Bertz CT molecular complexity index is 666. The second kappa shape index (κ2) is 6.14. The van der Waals surface area contributed by atoms with Crippen molar-refractivity contribution >= 4 is 5.97 Å². The van der Waals surface area contributed by atoms with Crippen LogP contribution in [-0.4, -0.2) is 59.2 Å². The predicted octanol–water partition coefficient (Wildman–Crippen LogP) is 3.59. The van der Waals surface area contributed by atoms with Gasteiger partial charge >= 0.3 is 41.9 Å². The highest BCUT2D eigenvalue weighted by Crippen LogP contribution is 2.64. The Hall–Kier alpha value is -1.71. The summed E-state index contributed by atoms with van der Waals surface area (Å²) < 4.78 is 165. The fourth-order valence-electron chi connectivity index (χ4n) is 2.04. The Morgan fingerprint density at radius 1 is 1.04 bits per heavy atom. The zero-order valence-electron chi connectivity index (χ0n) is 13.1. The van der Waals surface area contributed by atoms with E-state index < -0.39 is 59.7 Å². The average molecular weight is 444 g/mol. The van der Waals surface area contributed by atoms with Crippen molar-refractivity contribution in [3.63, 3.8) is 0 Å². The maximum absolute atomic E-state index is 14.3. The third-order valence-electron chi connectivity index (χ3n) is 3.67. The first kappa shape index (κ1) is 24.3. The van der Waals surface area contributed by atoms with Gasteiger partial charge in [-0.3, -0.25) is 0 Å². The Labute approximate surface area is 146 Å². The van der Waals surface area contributed by atoms with Gasteiger partial charge in [-0.2, -0.15) is 52.7 Å². The number of rotatable bonds is 4. The molecule has 0 radical (unpaired) electrons. The first-order valence-electron chi connectivity index (χ1n) is 6.55. The van der Waals surface area contributed by atoms with Crippen LogP contribution in [0.2, 0.25) is 0 Å². The summed E-state index contributed by atoms with van der Waals surface area (Å²) in [4.78, 5) is 11.3. The lowest BCUT2D eigenvalue weighted by Crippen LogP contribution is -2.75. The van der Waals surface area contributed by atoms with Gasteiger partial charge in [-0.15, -0.1) is 0 Å². The SMILES string of the molecule is C=C(C)C(=O)OC1(C(F)(F)C(F)(F)C(F)(F)F)COC(O)(C(F)(F)F)C1(F)F. The molecule has 28 heavy (non-hydrogen) atoms. The van der Waals surface area contributed by atoms with E-state index in [-0.39, 0.29) is 0 Å². The molecule has 0 bridgehead atoms. The van der Waals surface area contributed by atoms with Gasteiger partial charge in [0.25, 0.3) is 5.60 Å². The van der Waals surface area contributed by atoms with Crippen molar-refractivity contribution in [1.82, 2.24) is 0 Å². The maximum Gasteiger partial charge on any atom is 0.460 e. The molecule has 0 aromatic rings. The molecule has 4 nitrogen and oxygen atoms in total. The van der Waals surface area contributed by atoms with Crippen molar-refractivity contribution in [3.05, 3.63) is 12.2 Å². The minimum atomic E-state index is -7.45. The van der Waals surface area contributed by atoms with Crippen LogP contribution in [0.4, 0.5) is 52.7 Å². The Kier molecular flexibility index (Phi) is 5.34. The number of alkyl halides is 12. The molecule has 2 unspecified atom stereocenters. The highest BCUT2D eigenvalue weighted by molar-refractivity contribution is 5.87. The highest BCUT2D eigenvalue weighted by Gasteiger charge is 2.95. The fraction of sp³-hybridized carbons (Fsp3) is 0.750. The van der Waals surface area contributed by atoms with Crippen molar-refractivity contribution in [1.29, 1.82) is 0 Å². The minimum absolute atomic E-state index is 0.528. The summed E-state index contributed by atoms with van der Waals surface area (Å²) in [6.45, 7) is 0.107. The Morgan fingerprint density at radius 2 is 1.46 bits per heavy atom. The van der Waals surface area contributed by atoms with Crippen molar-refractivity contribution in [2.24, 2.45) is 0 Å². The van der Waals surface area contributed by atoms with Gasteiger partial charge in [-0.25, -0.2) is 4.79 Å². The molecule has 1 aliphatic heterocycles. The molecule has 1 N–H and O–H groups in total. The molecular weight excluding hydrogens is 436 g/mol. The number of carbonyl (C=O) groups is 1.